The van der Waals surface area contributed by atoms with Crippen molar-refractivity contribution in [3.05, 3.63) is 51.9 Å². The lowest BCUT2D eigenvalue weighted by Gasteiger charge is -2.21. The number of hydrogen-bond donors (Lipinski definition) is 3. The molecule has 2 rings (SSSR count). The van der Waals surface area contributed by atoms with E-state index < -0.39 is 5.60 Å². The Morgan fingerprint density at radius 2 is 2.00 bits per heavy atom. The van der Waals surface area contributed by atoms with Crippen LogP contribution in [0.4, 0.5) is 0 Å². The summed E-state index contributed by atoms with van der Waals surface area (Å²) in [5.74, 6) is 1.49. The first-order valence-electron chi connectivity index (χ1n) is 6.77. The van der Waals surface area contributed by atoms with E-state index in [0.29, 0.717) is 29.4 Å². The Kier molecular flexibility index (Phi) is 4.61. The third-order valence-electron chi connectivity index (χ3n) is 3.40. The second kappa shape index (κ2) is 6.10. The highest BCUT2D eigenvalue weighted by atomic mass is 35.5. The zero-order chi connectivity index (χ0) is 15.6. The van der Waals surface area contributed by atoms with Gasteiger partial charge in [0.1, 0.15) is 22.9 Å². The molecule has 0 radical (unpaired) electrons. The topological polar surface area (TPSA) is 65.6 Å². The minimum Gasteiger partial charge on any atom is -0.507 e. The predicted octanol–water partition coefficient (Wildman–Crippen LogP) is 3.25. The molecule has 0 aliphatic heterocycles. The number of phenols is 1. The average molecular weight is 310 g/mol. The van der Waals surface area contributed by atoms with E-state index in [1.54, 1.807) is 32.0 Å². The maximum Gasteiger partial charge on any atom is 0.136 e. The summed E-state index contributed by atoms with van der Waals surface area (Å²) in [5.41, 5.74) is 0.316. The molecule has 1 atom stereocenters. The maximum atomic E-state index is 10.4. The quantitative estimate of drug-likeness (QED) is 0.793. The number of aryl methyl sites for hydroxylation is 2. The lowest BCUT2D eigenvalue weighted by Crippen LogP contribution is -2.34. The molecule has 5 heteroatoms. The van der Waals surface area contributed by atoms with Crippen LogP contribution in [-0.2, 0) is 12.1 Å². The van der Waals surface area contributed by atoms with Crippen molar-refractivity contribution >= 4 is 11.6 Å². The fraction of sp³-hybridized carbons (Fsp3) is 0.375. The molecule has 0 aliphatic rings. The van der Waals surface area contributed by atoms with Crippen molar-refractivity contribution in [3.8, 4) is 5.75 Å². The molecule has 0 bridgehead atoms. The summed E-state index contributed by atoms with van der Waals surface area (Å²) in [6.07, 6.45) is 0. The monoisotopic (exact) mass is 309 g/mol. The van der Waals surface area contributed by atoms with Crippen LogP contribution in [0, 0.1) is 13.8 Å². The van der Waals surface area contributed by atoms with Crippen LogP contribution >= 0.6 is 11.6 Å². The van der Waals surface area contributed by atoms with Crippen molar-refractivity contribution in [1.29, 1.82) is 0 Å². The average Bonchev–Trinajstić information content (AvgIpc) is 2.82. The van der Waals surface area contributed by atoms with Crippen LogP contribution in [0.1, 0.15) is 29.6 Å². The normalized spacial score (nSPS) is 14.1. The molecular formula is C16H20ClNO3. The molecular weight excluding hydrogens is 290 g/mol. The number of aromatic hydroxyl groups is 1. The molecule has 21 heavy (non-hydrogen) atoms. The molecule has 0 saturated carbocycles. The standard InChI is InChI=1S/C16H20ClNO3/c1-10-6-13(17)7-12(15(10)19)8-18-9-16(3,20)14-5-4-11(2)21-14/h4-7,18-20H,8-9H2,1-3H3. The summed E-state index contributed by atoms with van der Waals surface area (Å²) >= 11 is 5.99. The van der Waals surface area contributed by atoms with E-state index in [9.17, 15) is 10.2 Å². The number of rotatable bonds is 5. The van der Waals surface area contributed by atoms with Crippen molar-refractivity contribution in [2.24, 2.45) is 0 Å². The molecule has 1 aromatic heterocycles. The zero-order valence-electron chi connectivity index (χ0n) is 12.4. The van der Waals surface area contributed by atoms with Gasteiger partial charge in [-0.05, 0) is 50.6 Å². The number of phenolic OH excluding ortho intramolecular Hbond substituents is 1. The van der Waals surface area contributed by atoms with E-state index in [-0.39, 0.29) is 5.75 Å². The smallest absolute Gasteiger partial charge is 0.136 e. The van der Waals surface area contributed by atoms with Crippen molar-refractivity contribution in [3.63, 3.8) is 0 Å². The van der Waals surface area contributed by atoms with Gasteiger partial charge in [0.05, 0.1) is 0 Å². The van der Waals surface area contributed by atoms with Crippen LogP contribution in [0.2, 0.25) is 5.02 Å². The van der Waals surface area contributed by atoms with Crippen LogP contribution in [0.25, 0.3) is 0 Å². The SMILES string of the molecule is Cc1ccc(C(C)(O)CNCc2cc(Cl)cc(C)c2O)o1. The molecule has 1 aromatic carbocycles. The van der Waals surface area contributed by atoms with Gasteiger partial charge >= 0.3 is 0 Å². The van der Waals surface area contributed by atoms with Gasteiger partial charge < -0.3 is 19.9 Å². The first-order chi connectivity index (χ1) is 9.79. The van der Waals surface area contributed by atoms with Gasteiger partial charge in [0.25, 0.3) is 0 Å². The Balaban J connectivity index is 2.01. The van der Waals surface area contributed by atoms with Gasteiger partial charge in [-0.15, -0.1) is 0 Å². The second-order valence-electron chi connectivity index (χ2n) is 5.52. The first kappa shape index (κ1) is 15.9. The van der Waals surface area contributed by atoms with Gasteiger partial charge in [-0.3, -0.25) is 0 Å². The zero-order valence-corrected chi connectivity index (χ0v) is 13.2. The van der Waals surface area contributed by atoms with E-state index >= 15 is 0 Å². The molecule has 1 unspecified atom stereocenters. The van der Waals surface area contributed by atoms with Gasteiger partial charge in [0.15, 0.2) is 0 Å². The Labute approximate surface area is 129 Å². The molecule has 0 saturated heterocycles. The van der Waals surface area contributed by atoms with Crippen molar-refractivity contribution < 1.29 is 14.6 Å². The van der Waals surface area contributed by atoms with Crippen LogP contribution in [-0.4, -0.2) is 16.8 Å². The highest BCUT2D eigenvalue weighted by Gasteiger charge is 2.26. The van der Waals surface area contributed by atoms with Gasteiger partial charge in [-0.25, -0.2) is 0 Å². The minimum absolute atomic E-state index is 0.223. The summed E-state index contributed by atoms with van der Waals surface area (Å²) < 4.78 is 5.45. The lowest BCUT2D eigenvalue weighted by atomic mass is 10.0. The fourth-order valence-corrected chi connectivity index (χ4v) is 2.49. The second-order valence-corrected chi connectivity index (χ2v) is 5.95. The first-order valence-corrected chi connectivity index (χ1v) is 7.15. The Hall–Kier alpha value is -1.49. The van der Waals surface area contributed by atoms with Crippen molar-refractivity contribution in [2.75, 3.05) is 6.54 Å². The Bertz CT molecular complexity index is 634. The number of nitrogens with one attached hydrogen (secondary N) is 1. The van der Waals surface area contributed by atoms with E-state index in [1.165, 1.54) is 0 Å². The fourth-order valence-electron chi connectivity index (χ4n) is 2.19. The Morgan fingerprint density at radius 1 is 1.29 bits per heavy atom. The van der Waals surface area contributed by atoms with Gasteiger partial charge in [-0.1, -0.05) is 11.6 Å². The molecule has 3 N–H and O–H groups in total. The molecule has 0 amide bonds. The summed E-state index contributed by atoms with van der Waals surface area (Å²) in [7, 11) is 0. The molecule has 0 fully saturated rings. The molecule has 114 valence electrons. The van der Waals surface area contributed by atoms with Crippen LogP contribution < -0.4 is 5.32 Å². The number of furan rings is 1. The molecule has 1 heterocycles. The van der Waals surface area contributed by atoms with Crippen LogP contribution in [0.3, 0.4) is 0 Å². The molecule has 0 spiro atoms. The van der Waals surface area contributed by atoms with E-state index in [4.69, 9.17) is 16.0 Å². The van der Waals surface area contributed by atoms with E-state index in [2.05, 4.69) is 5.32 Å². The summed E-state index contributed by atoms with van der Waals surface area (Å²) in [6, 6.07) is 7.00. The maximum absolute atomic E-state index is 10.4. The number of benzene rings is 1. The minimum atomic E-state index is -1.11. The largest absolute Gasteiger partial charge is 0.507 e. The number of halogens is 1. The van der Waals surface area contributed by atoms with Crippen molar-refractivity contribution in [2.45, 2.75) is 32.9 Å². The van der Waals surface area contributed by atoms with Gasteiger partial charge in [0, 0.05) is 23.7 Å². The van der Waals surface area contributed by atoms with Crippen LogP contribution in [0.5, 0.6) is 5.75 Å². The highest BCUT2D eigenvalue weighted by molar-refractivity contribution is 6.30. The third kappa shape index (κ3) is 3.79. The Morgan fingerprint density at radius 3 is 2.62 bits per heavy atom. The predicted molar refractivity (Wildman–Crippen MR) is 82.6 cm³/mol. The lowest BCUT2D eigenvalue weighted by molar-refractivity contribution is 0.0332. The number of hydrogen-bond acceptors (Lipinski definition) is 4. The highest BCUT2D eigenvalue weighted by Crippen LogP contribution is 2.27. The van der Waals surface area contributed by atoms with Crippen molar-refractivity contribution in [1.82, 2.24) is 5.32 Å². The molecule has 4 nitrogen and oxygen atoms in total. The van der Waals surface area contributed by atoms with Gasteiger partial charge in [-0.2, -0.15) is 0 Å². The summed E-state index contributed by atoms with van der Waals surface area (Å²) in [4.78, 5) is 0. The van der Waals surface area contributed by atoms with E-state index in [0.717, 1.165) is 11.3 Å². The summed E-state index contributed by atoms with van der Waals surface area (Å²) in [5, 5.41) is 24.1. The number of aliphatic hydroxyl groups is 1. The van der Waals surface area contributed by atoms with Crippen LogP contribution in [0.15, 0.2) is 28.7 Å². The van der Waals surface area contributed by atoms with E-state index in [1.807, 2.05) is 13.0 Å². The molecule has 0 aliphatic carbocycles. The third-order valence-corrected chi connectivity index (χ3v) is 3.62. The summed E-state index contributed by atoms with van der Waals surface area (Å²) in [6.45, 7) is 6.02. The van der Waals surface area contributed by atoms with Gasteiger partial charge in [0.2, 0.25) is 0 Å². The molecule has 2 aromatic rings.